The Kier molecular flexibility index (Phi) is 3.10. The third-order valence-corrected chi connectivity index (χ3v) is 1.84. The SMILES string of the molecule is NC[C@H](N)c1cc(F)ccc1[N+](=O)[O-]. The summed E-state index contributed by atoms with van der Waals surface area (Å²) in [5.41, 5.74) is 10.7. The summed E-state index contributed by atoms with van der Waals surface area (Å²) in [5, 5.41) is 10.5. The maximum absolute atomic E-state index is 12.8. The summed E-state index contributed by atoms with van der Waals surface area (Å²) in [4.78, 5) is 9.93. The van der Waals surface area contributed by atoms with Crippen molar-refractivity contribution in [3.8, 4) is 0 Å². The summed E-state index contributed by atoms with van der Waals surface area (Å²) >= 11 is 0. The van der Waals surface area contributed by atoms with Crippen LogP contribution >= 0.6 is 0 Å². The predicted molar refractivity (Wildman–Crippen MR) is 49.0 cm³/mol. The molecule has 4 N–H and O–H groups in total. The molecule has 0 fully saturated rings. The summed E-state index contributed by atoms with van der Waals surface area (Å²) in [6.45, 7) is 0.0320. The number of hydrogen-bond donors (Lipinski definition) is 2. The van der Waals surface area contributed by atoms with Crippen molar-refractivity contribution in [1.29, 1.82) is 0 Å². The Morgan fingerprint density at radius 1 is 1.57 bits per heavy atom. The third-order valence-electron chi connectivity index (χ3n) is 1.84. The van der Waals surface area contributed by atoms with Crippen LogP contribution in [-0.4, -0.2) is 11.5 Å². The minimum atomic E-state index is -0.717. The van der Waals surface area contributed by atoms with Gasteiger partial charge in [-0.05, 0) is 12.1 Å². The fourth-order valence-corrected chi connectivity index (χ4v) is 1.12. The van der Waals surface area contributed by atoms with Gasteiger partial charge in [0.2, 0.25) is 0 Å². The van der Waals surface area contributed by atoms with Gasteiger partial charge in [-0.15, -0.1) is 0 Å². The van der Waals surface area contributed by atoms with Gasteiger partial charge < -0.3 is 11.5 Å². The van der Waals surface area contributed by atoms with Crippen molar-refractivity contribution in [3.05, 3.63) is 39.7 Å². The van der Waals surface area contributed by atoms with Crippen molar-refractivity contribution < 1.29 is 9.31 Å². The summed E-state index contributed by atoms with van der Waals surface area (Å²) in [7, 11) is 0. The van der Waals surface area contributed by atoms with E-state index in [9.17, 15) is 14.5 Å². The maximum atomic E-state index is 12.8. The van der Waals surface area contributed by atoms with E-state index in [1.807, 2.05) is 0 Å². The zero-order chi connectivity index (χ0) is 10.7. The predicted octanol–water partition coefficient (Wildman–Crippen LogP) is 0.692. The first-order valence-electron chi connectivity index (χ1n) is 3.95. The highest BCUT2D eigenvalue weighted by Crippen LogP contribution is 2.23. The van der Waals surface area contributed by atoms with Gasteiger partial charge >= 0.3 is 0 Å². The van der Waals surface area contributed by atoms with Gasteiger partial charge in [0, 0.05) is 18.7 Å². The second-order valence-corrected chi connectivity index (χ2v) is 2.80. The van der Waals surface area contributed by atoms with Crippen LogP contribution in [-0.2, 0) is 0 Å². The van der Waals surface area contributed by atoms with E-state index in [4.69, 9.17) is 11.5 Å². The average molecular weight is 199 g/mol. The lowest BCUT2D eigenvalue weighted by molar-refractivity contribution is -0.385. The Hall–Kier alpha value is -1.53. The lowest BCUT2D eigenvalue weighted by atomic mass is 10.1. The van der Waals surface area contributed by atoms with E-state index in [1.54, 1.807) is 0 Å². The van der Waals surface area contributed by atoms with Gasteiger partial charge in [-0.3, -0.25) is 10.1 Å². The maximum Gasteiger partial charge on any atom is 0.274 e. The fourth-order valence-electron chi connectivity index (χ4n) is 1.12. The van der Waals surface area contributed by atoms with Gasteiger partial charge in [-0.25, -0.2) is 4.39 Å². The number of nitro benzene ring substituents is 1. The van der Waals surface area contributed by atoms with E-state index in [1.165, 1.54) is 0 Å². The van der Waals surface area contributed by atoms with Crippen LogP contribution in [0.3, 0.4) is 0 Å². The molecule has 76 valence electrons. The van der Waals surface area contributed by atoms with Crippen molar-refractivity contribution in [3.63, 3.8) is 0 Å². The molecule has 1 aromatic rings. The molecule has 6 heteroatoms. The summed E-state index contributed by atoms with van der Waals surface area (Å²) < 4.78 is 12.8. The smallest absolute Gasteiger partial charge is 0.274 e. The van der Waals surface area contributed by atoms with Crippen molar-refractivity contribution in [2.75, 3.05) is 6.54 Å². The van der Waals surface area contributed by atoms with Gasteiger partial charge in [-0.1, -0.05) is 0 Å². The van der Waals surface area contributed by atoms with Crippen LogP contribution in [0.4, 0.5) is 10.1 Å². The molecule has 14 heavy (non-hydrogen) atoms. The quantitative estimate of drug-likeness (QED) is 0.553. The van der Waals surface area contributed by atoms with Crippen molar-refractivity contribution in [2.45, 2.75) is 6.04 Å². The van der Waals surface area contributed by atoms with E-state index in [0.29, 0.717) is 0 Å². The monoisotopic (exact) mass is 199 g/mol. The van der Waals surface area contributed by atoms with Crippen LogP contribution in [0.15, 0.2) is 18.2 Å². The molecule has 0 unspecified atom stereocenters. The minimum absolute atomic E-state index is 0.0320. The lowest BCUT2D eigenvalue weighted by Gasteiger charge is -2.09. The number of nitro groups is 1. The molecular formula is C8H10FN3O2. The Labute approximate surface area is 79.7 Å². The van der Waals surface area contributed by atoms with E-state index in [0.717, 1.165) is 18.2 Å². The average Bonchev–Trinajstić information content (AvgIpc) is 2.16. The highest BCUT2D eigenvalue weighted by atomic mass is 19.1. The zero-order valence-corrected chi connectivity index (χ0v) is 7.31. The number of nitrogens with two attached hydrogens (primary N) is 2. The molecule has 1 atom stereocenters. The number of halogens is 1. The van der Waals surface area contributed by atoms with Gasteiger partial charge in [0.1, 0.15) is 5.82 Å². The first-order valence-corrected chi connectivity index (χ1v) is 3.95. The molecule has 1 rings (SSSR count). The molecule has 0 bridgehead atoms. The number of nitrogens with zero attached hydrogens (tertiary/aromatic N) is 1. The Morgan fingerprint density at radius 3 is 2.71 bits per heavy atom. The fraction of sp³-hybridized carbons (Fsp3) is 0.250. The summed E-state index contributed by atoms with van der Waals surface area (Å²) in [6.07, 6.45) is 0. The van der Waals surface area contributed by atoms with Crippen molar-refractivity contribution in [2.24, 2.45) is 11.5 Å². The number of rotatable bonds is 3. The van der Waals surface area contributed by atoms with E-state index in [2.05, 4.69) is 0 Å². The molecule has 1 aromatic carbocycles. The van der Waals surface area contributed by atoms with Crippen LogP contribution in [0.5, 0.6) is 0 Å². The van der Waals surface area contributed by atoms with Crippen LogP contribution in [0.1, 0.15) is 11.6 Å². The molecule has 0 aromatic heterocycles. The normalized spacial score (nSPS) is 12.5. The molecule has 0 spiro atoms. The molecular weight excluding hydrogens is 189 g/mol. The third kappa shape index (κ3) is 2.04. The van der Waals surface area contributed by atoms with Crippen LogP contribution in [0, 0.1) is 15.9 Å². The van der Waals surface area contributed by atoms with Gasteiger partial charge in [0.05, 0.1) is 10.5 Å². The Balaban J connectivity index is 3.22. The standard InChI is InChI=1S/C8H10FN3O2/c9-5-1-2-8(12(13)14)6(3-5)7(11)4-10/h1-3,7H,4,10-11H2/t7-/m0/s1. The van der Waals surface area contributed by atoms with Crippen LogP contribution < -0.4 is 11.5 Å². The van der Waals surface area contributed by atoms with Gasteiger partial charge in [0.15, 0.2) is 0 Å². The highest BCUT2D eigenvalue weighted by molar-refractivity contribution is 5.42. The Morgan fingerprint density at radius 2 is 2.21 bits per heavy atom. The summed E-state index contributed by atoms with van der Waals surface area (Å²) in [5.74, 6) is -0.561. The second-order valence-electron chi connectivity index (χ2n) is 2.80. The van der Waals surface area contributed by atoms with Crippen LogP contribution in [0.25, 0.3) is 0 Å². The zero-order valence-electron chi connectivity index (χ0n) is 7.31. The van der Waals surface area contributed by atoms with Gasteiger partial charge in [-0.2, -0.15) is 0 Å². The summed E-state index contributed by atoms with van der Waals surface area (Å²) in [6, 6.07) is 2.42. The molecule has 0 saturated heterocycles. The van der Waals surface area contributed by atoms with Crippen molar-refractivity contribution >= 4 is 5.69 Å². The number of benzene rings is 1. The largest absolute Gasteiger partial charge is 0.329 e. The molecule has 0 saturated carbocycles. The first kappa shape index (κ1) is 10.6. The lowest BCUT2D eigenvalue weighted by Crippen LogP contribution is -2.21. The molecule has 0 heterocycles. The van der Waals surface area contributed by atoms with E-state index < -0.39 is 16.8 Å². The molecule has 0 aliphatic heterocycles. The van der Waals surface area contributed by atoms with E-state index >= 15 is 0 Å². The first-order chi connectivity index (χ1) is 6.56. The molecule has 0 amide bonds. The Bertz CT molecular complexity index is 356. The number of hydrogen-bond acceptors (Lipinski definition) is 4. The molecule has 0 radical (unpaired) electrons. The molecule has 0 aliphatic rings. The molecule has 5 nitrogen and oxygen atoms in total. The molecule has 0 aliphatic carbocycles. The van der Waals surface area contributed by atoms with Crippen LogP contribution in [0.2, 0.25) is 0 Å². The van der Waals surface area contributed by atoms with Crippen molar-refractivity contribution in [1.82, 2.24) is 0 Å². The highest BCUT2D eigenvalue weighted by Gasteiger charge is 2.18. The topological polar surface area (TPSA) is 95.2 Å². The van der Waals surface area contributed by atoms with Gasteiger partial charge in [0.25, 0.3) is 5.69 Å². The van der Waals surface area contributed by atoms with E-state index in [-0.39, 0.29) is 17.8 Å². The second kappa shape index (κ2) is 4.12. The minimum Gasteiger partial charge on any atom is -0.329 e.